The minimum absolute atomic E-state index is 0.223. The van der Waals surface area contributed by atoms with Crippen molar-refractivity contribution in [2.24, 2.45) is 5.10 Å². The molecule has 0 fully saturated rings. The molecule has 0 spiro atoms. The van der Waals surface area contributed by atoms with Gasteiger partial charge in [-0.05, 0) is 49.2 Å². The zero-order chi connectivity index (χ0) is 19.4. The summed E-state index contributed by atoms with van der Waals surface area (Å²) in [5.74, 6) is 0.0129. The van der Waals surface area contributed by atoms with E-state index >= 15 is 0 Å². The highest BCUT2D eigenvalue weighted by Crippen LogP contribution is 2.22. The summed E-state index contributed by atoms with van der Waals surface area (Å²) in [5.41, 5.74) is 4.73. The fourth-order valence-electron chi connectivity index (χ4n) is 2.48. The van der Waals surface area contributed by atoms with Gasteiger partial charge in [-0.1, -0.05) is 23.7 Å². The third-order valence-electron chi connectivity index (χ3n) is 3.90. The number of nitrogens with one attached hydrogen (secondary N) is 1. The van der Waals surface area contributed by atoms with Crippen LogP contribution in [0.3, 0.4) is 0 Å². The topological polar surface area (TPSA) is 80.9 Å². The molecule has 138 valence electrons. The van der Waals surface area contributed by atoms with E-state index in [-0.39, 0.29) is 6.61 Å². The molecule has 0 bridgehead atoms. The van der Waals surface area contributed by atoms with Gasteiger partial charge in [-0.3, -0.25) is 4.79 Å². The first-order valence-electron chi connectivity index (χ1n) is 8.19. The number of aryl methyl sites for hydroxylation is 1. The number of ether oxygens (including phenoxy) is 1. The van der Waals surface area contributed by atoms with Gasteiger partial charge in [0.25, 0.3) is 5.91 Å². The molecule has 0 aliphatic rings. The number of rotatable bonds is 5. The van der Waals surface area contributed by atoms with E-state index in [4.69, 9.17) is 20.8 Å². The van der Waals surface area contributed by atoms with Crippen LogP contribution in [0.15, 0.2) is 62.8 Å². The van der Waals surface area contributed by atoms with Crippen molar-refractivity contribution >= 4 is 34.2 Å². The van der Waals surface area contributed by atoms with Crippen LogP contribution in [0.1, 0.15) is 18.1 Å². The first kappa shape index (κ1) is 18.7. The summed E-state index contributed by atoms with van der Waals surface area (Å²) in [6, 6.07) is 13.6. The summed E-state index contributed by atoms with van der Waals surface area (Å²) in [6.07, 6.45) is 0. The number of fused-ring (bicyclic) bond motifs is 1. The Morgan fingerprint density at radius 3 is 2.67 bits per heavy atom. The number of amides is 1. The second-order valence-corrected chi connectivity index (χ2v) is 6.37. The molecule has 0 aliphatic carbocycles. The van der Waals surface area contributed by atoms with Gasteiger partial charge in [-0.15, -0.1) is 0 Å². The molecule has 1 N–H and O–H groups in total. The number of halogens is 1. The van der Waals surface area contributed by atoms with Crippen molar-refractivity contribution in [3.05, 3.63) is 75.1 Å². The Morgan fingerprint density at radius 2 is 1.93 bits per heavy atom. The monoisotopic (exact) mass is 384 g/mol. The van der Waals surface area contributed by atoms with Crippen molar-refractivity contribution in [3.8, 4) is 5.75 Å². The number of carbonyl (C=O) groups is 1. The molecule has 6 nitrogen and oxygen atoms in total. The zero-order valence-electron chi connectivity index (χ0n) is 14.8. The van der Waals surface area contributed by atoms with Crippen LogP contribution in [0, 0.1) is 6.92 Å². The highest BCUT2D eigenvalue weighted by Gasteiger charge is 2.07. The maximum Gasteiger partial charge on any atom is 0.336 e. The third-order valence-corrected chi connectivity index (χ3v) is 4.16. The molecule has 27 heavy (non-hydrogen) atoms. The van der Waals surface area contributed by atoms with Gasteiger partial charge in [0.1, 0.15) is 11.3 Å². The van der Waals surface area contributed by atoms with Gasteiger partial charge in [0, 0.05) is 22.5 Å². The molecular formula is C20H17ClN2O4. The zero-order valence-corrected chi connectivity index (χ0v) is 15.5. The van der Waals surface area contributed by atoms with E-state index in [0.717, 1.165) is 16.5 Å². The highest BCUT2D eigenvalue weighted by molar-refractivity contribution is 6.30. The summed E-state index contributed by atoms with van der Waals surface area (Å²) in [4.78, 5) is 23.4. The van der Waals surface area contributed by atoms with Gasteiger partial charge in [0.2, 0.25) is 0 Å². The number of hydrazone groups is 1. The molecular weight excluding hydrogens is 368 g/mol. The van der Waals surface area contributed by atoms with Gasteiger partial charge in [0.05, 0.1) is 5.71 Å². The number of carbonyl (C=O) groups excluding carboxylic acids is 1. The predicted octanol–water partition coefficient (Wildman–Crippen LogP) is 3.67. The van der Waals surface area contributed by atoms with E-state index in [1.807, 2.05) is 19.1 Å². The molecule has 2 aromatic carbocycles. The van der Waals surface area contributed by atoms with E-state index in [2.05, 4.69) is 10.5 Å². The fraction of sp³-hybridized carbons (Fsp3) is 0.150. The number of hydrogen-bond donors (Lipinski definition) is 1. The lowest BCUT2D eigenvalue weighted by molar-refractivity contribution is -0.123. The number of hydrogen-bond acceptors (Lipinski definition) is 5. The van der Waals surface area contributed by atoms with Crippen molar-refractivity contribution in [2.45, 2.75) is 13.8 Å². The van der Waals surface area contributed by atoms with E-state index in [9.17, 15) is 9.59 Å². The molecule has 1 aromatic heterocycles. The maximum atomic E-state index is 11.9. The lowest BCUT2D eigenvalue weighted by atomic mass is 10.1. The van der Waals surface area contributed by atoms with Crippen LogP contribution in [-0.2, 0) is 4.79 Å². The smallest absolute Gasteiger partial charge is 0.336 e. The molecule has 7 heteroatoms. The summed E-state index contributed by atoms with van der Waals surface area (Å²) in [7, 11) is 0. The molecule has 1 heterocycles. The van der Waals surface area contributed by atoms with Gasteiger partial charge < -0.3 is 9.15 Å². The van der Waals surface area contributed by atoms with Crippen molar-refractivity contribution in [1.82, 2.24) is 5.43 Å². The number of benzene rings is 2. The predicted molar refractivity (Wildman–Crippen MR) is 105 cm³/mol. The van der Waals surface area contributed by atoms with E-state index in [1.54, 1.807) is 37.3 Å². The fourth-order valence-corrected chi connectivity index (χ4v) is 2.60. The Labute approximate surface area is 160 Å². The second-order valence-electron chi connectivity index (χ2n) is 5.93. The number of nitrogens with zero attached hydrogens (tertiary/aromatic N) is 1. The molecule has 1 amide bonds. The summed E-state index contributed by atoms with van der Waals surface area (Å²) in [5, 5.41) is 5.49. The second kappa shape index (κ2) is 8.05. The largest absolute Gasteiger partial charge is 0.484 e. The molecule has 3 aromatic rings. The Morgan fingerprint density at radius 1 is 1.19 bits per heavy atom. The van der Waals surface area contributed by atoms with Crippen molar-refractivity contribution in [1.29, 1.82) is 0 Å². The minimum atomic E-state index is -0.429. The molecule has 0 unspecified atom stereocenters. The standard InChI is InChI=1S/C20H17ClN2O4/c1-12-9-20(25)27-18-10-16(7-8-17(12)18)26-11-19(24)23-22-13(2)14-3-5-15(21)6-4-14/h3-10H,11H2,1-2H3,(H,23,24)/b22-13+. The Hall–Kier alpha value is -3.12. The van der Waals surface area contributed by atoms with Gasteiger partial charge in [-0.2, -0.15) is 5.10 Å². The van der Waals surface area contributed by atoms with Crippen molar-refractivity contribution in [2.75, 3.05) is 6.61 Å². The molecule has 0 saturated carbocycles. The quantitative estimate of drug-likeness (QED) is 0.413. The van der Waals surface area contributed by atoms with Crippen LogP contribution >= 0.6 is 11.6 Å². The Bertz CT molecular complexity index is 1070. The van der Waals surface area contributed by atoms with E-state index in [1.165, 1.54) is 6.07 Å². The average molecular weight is 385 g/mol. The molecule has 0 radical (unpaired) electrons. The first-order valence-corrected chi connectivity index (χ1v) is 8.56. The van der Waals surface area contributed by atoms with E-state index in [0.29, 0.717) is 22.1 Å². The SMILES string of the molecule is C/C(=N\NC(=O)COc1ccc2c(C)cc(=O)oc2c1)c1ccc(Cl)cc1. The highest BCUT2D eigenvalue weighted by atomic mass is 35.5. The minimum Gasteiger partial charge on any atom is -0.484 e. The lowest BCUT2D eigenvalue weighted by Crippen LogP contribution is -2.25. The Balaban J connectivity index is 1.62. The van der Waals surface area contributed by atoms with Crippen LogP contribution in [-0.4, -0.2) is 18.2 Å². The van der Waals surface area contributed by atoms with Crippen molar-refractivity contribution in [3.63, 3.8) is 0 Å². The first-order chi connectivity index (χ1) is 12.9. The maximum absolute atomic E-state index is 11.9. The van der Waals surface area contributed by atoms with Gasteiger partial charge in [0.15, 0.2) is 6.61 Å². The van der Waals surface area contributed by atoms with Crippen LogP contribution < -0.4 is 15.8 Å². The average Bonchev–Trinajstić information content (AvgIpc) is 2.64. The van der Waals surface area contributed by atoms with Crippen LogP contribution in [0.2, 0.25) is 5.02 Å². The van der Waals surface area contributed by atoms with Gasteiger partial charge >= 0.3 is 5.63 Å². The lowest BCUT2D eigenvalue weighted by Gasteiger charge is -2.07. The van der Waals surface area contributed by atoms with Crippen LogP contribution in [0.4, 0.5) is 0 Å². The third kappa shape index (κ3) is 4.74. The molecule has 0 saturated heterocycles. The van der Waals surface area contributed by atoms with Crippen molar-refractivity contribution < 1.29 is 13.9 Å². The molecule has 3 rings (SSSR count). The summed E-state index contributed by atoms with van der Waals surface area (Å²) < 4.78 is 10.6. The van der Waals surface area contributed by atoms with E-state index < -0.39 is 11.5 Å². The van der Waals surface area contributed by atoms with Gasteiger partial charge in [-0.25, -0.2) is 10.2 Å². The molecule has 0 atom stereocenters. The Kier molecular flexibility index (Phi) is 5.57. The summed E-state index contributed by atoms with van der Waals surface area (Å²) in [6.45, 7) is 3.38. The summed E-state index contributed by atoms with van der Waals surface area (Å²) >= 11 is 5.85. The van der Waals surface area contributed by atoms with Crippen LogP contribution in [0.5, 0.6) is 5.75 Å². The van der Waals surface area contributed by atoms with Crippen LogP contribution in [0.25, 0.3) is 11.0 Å². The normalized spacial score (nSPS) is 11.4. The molecule has 0 aliphatic heterocycles.